The number of aromatic nitrogens is 2. The third-order valence-corrected chi connectivity index (χ3v) is 4.39. The normalized spacial score (nSPS) is 21.7. The van der Waals surface area contributed by atoms with Gasteiger partial charge in [0.15, 0.2) is 0 Å². The van der Waals surface area contributed by atoms with Gasteiger partial charge in [-0.1, -0.05) is 6.92 Å². The monoisotopic (exact) mass is 322 g/mol. The van der Waals surface area contributed by atoms with E-state index in [1.807, 2.05) is 20.8 Å². The summed E-state index contributed by atoms with van der Waals surface area (Å²) in [6.07, 6.45) is 5.19. The molecule has 1 fully saturated rings. The van der Waals surface area contributed by atoms with Crippen molar-refractivity contribution < 1.29 is 15.0 Å². The third-order valence-electron chi connectivity index (χ3n) is 4.39. The van der Waals surface area contributed by atoms with E-state index in [2.05, 4.69) is 20.6 Å². The highest BCUT2D eigenvalue weighted by molar-refractivity contribution is 5.93. The first-order valence-corrected chi connectivity index (χ1v) is 8.14. The van der Waals surface area contributed by atoms with Gasteiger partial charge < -0.3 is 20.8 Å². The van der Waals surface area contributed by atoms with Crippen LogP contribution in [0, 0.1) is 0 Å². The van der Waals surface area contributed by atoms with Crippen LogP contribution in [0.15, 0.2) is 6.20 Å². The summed E-state index contributed by atoms with van der Waals surface area (Å²) in [6, 6.07) is 0.209. The molecule has 7 heteroatoms. The summed E-state index contributed by atoms with van der Waals surface area (Å²) < 4.78 is 0. The molecule has 1 aromatic rings. The van der Waals surface area contributed by atoms with Crippen molar-refractivity contribution in [1.82, 2.24) is 9.97 Å². The lowest BCUT2D eigenvalue weighted by atomic mass is 9.93. The molecule has 1 aliphatic rings. The van der Waals surface area contributed by atoms with Crippen LogP contribution >= 0.6 is 0 Å². The van der Waals surface area contributed by atoms with E-state index in [4.69, 9.17) is 0 Å². The van der Waals surface area contributed by atoms with Crippen LogP contribution in [0.4, 0.5) is 11.8 Å². The molecule has 0 atom stereocenters. The fraction of sp³-hybridized carbons (Fsp3) is 0.688. The predicted molar refractivity (Wildman–Crippen MR) is 88.9 cm³/mol. The van der Waals surface area contributed by atoms with Crippen LogP contribution in [0.1, 0.15) is 63.2 Å². The van der Waals surface area contributed by atoms with Crippen molar-refractivity contribution in [3.8, 4) is 0 Å². The maximum atomic E-state index is 11.4. The van der Waals surface area contributed by atoms with Gasteiger partial charge in [-0.05, 0) is 46.0 Å². The zero-order chi connectivity index (χ0) is 17.0. The SMILES string of the molecule is CCC(C)(C)Nc1nc(N[C@H]2CC[C@H](O)CC2)ncc1C(=O)O. The van der Waals surface area contributed by atoms with Crippen molar-refractivity contribution in [2.45, 2.75) is 70.6 Å². The molecule has 0 radical (unpaired) electrons. The average molecular weight is 322 g/mol. The highest BCUT2D eigenvalue weighted by atomic mass is 16.4. The van der Waals surface area contributed by atoms with E-state index < -0.39 is 5.97 Å². The Morgan fingerprint density at radius 1 is 1.35 bits per heavy atom. The Morgan fingerprint density at radius 2 is 2.00 bits per heavy atom. The second-order valence-electron chi connectivity index (χ2n) is 6.77. The molecule has 23 heavy (non-hydrogen) atoms. The molecule has 0 unspecified atom stereocenters. The van der Waals surface area contributed by atoms with Crippen LogP contribution in [0.2, 0.25) is 0 Å². The fourth-order valence-electron chi connectivity index (χ4n) is 2.51. The van der Waals surface area contributed by atoms with E-state index in [1.165, 1.54) is 6.20 Å². The van der Waals surface area contributed by atoms with E-state index in [-0.39, 0.29) is 23.2 Å². The minimum absolute atomic E-state index is 0.0659. The van der Waals surface area contributed by atoms with Gasteiger partial charge in [0.1, 0.15) is 11.4 Å². The standard InChI is InChI=1S/C16H26N4O3/c1-4-16(2,3)20-13-12(14(22)23)9-17-15(19-13)18-10-5-7-11(21)8-6-10/h9-11,21H,4-8H2,1-3H3,(H,22,23)(H2,17,18,19,20)/t10-,11-. The molecule has 1 aromatic heterocycles. The number of hydrogen-bond acceptors (Lipinski definition) is 6. The van der Waals surface area contributed by atoms with Crippen LogP contribution in [0.3, 0.4) is 0 Å². The van der Waals surface area contributed by atoms with E-state index >= 15 is 0 Å². The number of rotatable bonds is 6. The number of aliphatic hydroxyl groups excluding tert-OH is 1. The number of anilines is 2. The number of hydrogen-bond donors (Lipinski definition) is 4. The first-order valence-electron chi connectivity index (χ1n) is 8.14. The number of nitrogens with zero attached hydrogens (tertiary/aromatic N) is 2. The Labute approximate surface area is 136 Å². The van der Waals surface area contributed by atoms with Crippen LogP contribution in [-0.2, 0) is 0 Å². The molecule has 4 N–H and O–H groups in total. The van der Waals surface area contributed by atoms with Crippen LogP contribution in [-0.4, -0.2) is 43.8 Å². The Morgan fingerprint density at radius 3 is 2.57 bits per heavy atom. The molecular formula is C16H26N4O3. The van der Waals surface area contributed by atoms with Gasteiger partial charge in [0.05, 0.1) is 6.10 Å². The van der Waals surface area contributed by atoms with Crippen LogP contribution < -0.4 is 10.6 Å². The minimum atomic E-state index is -1.05. The van der Waals surface area contributed by atoms with Gasteiger partial charge in [0.2, 0.25) is 5.95 Å². The number of carbonyl (C=O) groups is 1. The lowest BCUT2D eigenvalue weighted by Crippen LogP contribution is -2.32. The molecule has 0 spiro atoms. The van der Waals surface area contributed by atoms with E-state index in [9.17, 15) is 15.0 Å². The molecule has 0 saturated heterocycles. The van der Waals surface area contributed by atoms with Crippen molar-refractivity contribution in [2.24, 2.45) is 0 Å². The van der Waals surface area contributed by atoms with Gasteiger partial charge in [-0.15, -0.1) is 0 Å². The quantitative estimate of drug-likeness (QED) is 0.637. The number of nitrogens with one attached hydrogen (secondary N) is 2. The maximum absolute atomic E-state index is 11.4. The summed E-state index contributed by atoms with van der Waals surface area (Å²) in [7, 11) is 0. The lowest BCUT2D eigenvalue weighted by Gasteiger charge is -2.28. The van der Waals surface area contributed by atoms with Crippen LogP contribution in [0.5, 0.6) is 0 Å². The van der Waals surface area contributed by atoms with Crippen molar-refractivity contribution in [3.05, 3.63) is 11.8 Å². The van der Waals surface area contributed by atoms with Gasteiger partial charge in [-0.3, -0.25) is 0 Å². The summed E-state index contributed by atoms with van der Waals surface area (Å²) >= 11 is 0. The molecule has 7 nitrogen and oxygen atoms in total. The Bertz CT molecular complexity index is 554. The van der Waals surface area contributed by atoms with E-state index in [1.54, 1.807) is 0 Å². The number of carboxylic acids is 1. The van der Waals surface area contributed by atoms with Crippen molar-refractivity contribution >= 4 is 17.7 Å². The first kappa shape index (κ1) is 17.5. The average Bonchev–Trinajstić information content (AvgIpc) is 2.49. The summed E-state index contributed by atoms with van der Waals surface area (Å²) in [5, 5.41) is 25.3. The Balaban J connectivity index is 2.17. The number of aliphatic hydroxyl groups is 1. The molecule has 0 bridgehead atoms. The van der Waals surface area contributed by atoms with Gasteiger partial charge in [-0.25, -0.2) is 9.78 Å². The molecular weight excluding hydrogens is 296 g/mol. The van der Waals surface area contributed by atoms with Crippen molar-refractivity contribution in [3.63, 3.8) is 0 Å². The Hall–Kier alpha value is -1.89. The summed E-state index contributed by atoms with van der Waals surface area (Å²) in [5.74, 6) is -0.296. The van der Waals surface area contributed by atoms with Gasteiger partial charge >= 0.3 is 5.97 Å². The molecule has 128 valence electrons. The molecule has 1 saturated carbocycles. The molecule has 1 heterocycles. The fourth-order valence-corrected chi connectivity index (χ4v) is 2.51. The predicted octanol–water partition coefficient (Wildman–Crippen LogP) is 2.49. The molecule has 2 rings (SSSR count). The van der Waals surface area contributed by atoms with Gasteiger partial charge in [-0.2, -0.15) is 4.98 Å². The molecule has 1 aliphatic carbocycles. The lowest BCUT2D eigenvalue weighted by molar-refractivity contribution is 0.0697. The summed E-state index contributed by atoms with van der Waals surface area (Å²) in [6.45, 7) is 6.02. The van der Waals surface area contributed by atoms with Crippen molar-refractivity contribution in [2.75, 3.05) is 10.6 Å². The minimum Gasteiger partial charge on any atom is -0.477 e. The second kappa shape index (κ2) is 7.12. The number of aromatic carboxylic acids is 1. The Kier molecular flexibility index (Phi) is 5.41. The third kappa shape index (κ3) is 4.79. The zero-order valence-corrected chi connectivity index (χ0v) is 14.0. The van der Waals surface area contributed by atoms with E-state index in [0.29, 0.717) is 11.8 Å². The highest BCUT2D eigenvalue weighted by Crippen LogP contribution is 2.24. The number of carboxylic acid groups (broad SMARTS) is 1. The van der Waals surface area contributed by atoms with Gasteiger partial charge in [0, 0.05) is 17.8 Å². The van der Waals surface area contributed by atoms with Crippen molar-refractivity contribution in [1.29, 1.82) is 0 Å². The maximum Gasteiger partial charge on any atom is 0.341 e. The zero-order valence-electron chi connectivity index (χ0n) is 14.0. The molecule has 0 aliphatic heterocycles. The highest BCUT2D eigenvalue weighted by Gasteiger charge is 2.23. The first-order chi connectivity index (χ1) is 10.8. The molecule has 0 amide bonds. The largest absolute Gasteiger partial charge is 0.477 e. The smallest absolute Gasteiger partial charge is 0.341 e. The summed E-state index contributed by atoms with van der Waals surface area (Å²) in [5.41, 5.74) is -0.193. The summed E-state index contributed by atoms with van der Waals surface area (Å²) in [4.78, 5) is 19.9. The molecule has 0 aromatic carbocycles. The topological polar surface area (TPSA) is 107 Å². The van der Waals surface area contributed by atoms with Gasteiger partial charge in [0.25, 0.3) is 0 Å². The second-order valence-corrected chi connectivity index (χ2v) is 6.77. The van der Waals surface area contributed by atoms with E-state index in [0.717, 1.165) is 32.1 Å². The van der Waals surface area contributed by atoms with Crippen LogP contribution in [0.25, 0.3) is 0 Å².